The molecule has 0 amide bonds. The van der Waals surface area contributed by atoms with E-state index in [9.17, 15) is 5.11 Å². The molecule has 3 atom stereocenters. The molecule has 6 nitrogen and oxygen atoms in total. The number of aromatic nitrogens is 3. The molecule has 0 radical (unpaired) electrons. The van der Waals surface area contributed by atoms with Crippen LogP contribution in [-0.4, -0.2) is 39.1 Å². The largest absolute Gasteiger partial charge is 0.494 e. The lowest BCUT2D eigenvalue weighted by molar-refractivity contribution is 0.0989. The Labute approximate surface area is 142 Å². The summed E-state index contributed by atoms with van der Waals surface area (Å²) in [4.78, 5) is 4.60. The maximum absolute atomic E-state index is 9.83. The van der Waals surface area contributed by atoms with Crippen LogP contribution in [0.15, 0.2) is 24.3 Å². The summed E-state index contributed by atoms with van der Waals surface area (Å²) in [5.74, 6) is 2.57. The number of halogens is 1. The second-order valence-electron chi connectivity index (χ2n) is 5.84. The molecule has 3 rings (SSSR count). The quantitative estimate of drug-likeness (QED) is 0.893. The van der Waals surface area contributed by atoms with Gasteiger partial charge in [0.1, 0.15) is 23.1 Å². The van der Waals surface area contributed by atoms with Gasteiger partial charge in [-0.15, -0.1) is 12.4 Å². The van der Waals surface area contributed by atoms with Gasteiger partial charge in [-0.3, -0.25) is 0 Å². The Bertz CT molecular complexity index is 661. The molecule has 7 heteroatoms. The van der Waals surface area contributed by atoms with E-state index in [0.29, 0.717) is 12.8 Å². The molecule has 1 aliphatic rings. The number of hydrogen-bond donors (Lipinski definition) is 2. The molecule has 0 spiro atoms. The van der Waals surface area contributed by atoms with Crippen LogP contribution in [0.4, 0.5) is 0 Å². The fourth-order valence-corrected chi connectivity index (χ4v) is 3.10. The number of para-hydroxylation sites is 2. The predicted molar refractivity (Wildman–Crippen MR) is 90.5 cm³/mol. The van der Waals surface area contributed by atoms with Gasteiger partial charge in [-0.1, -0.05) is 12.1 Å². The third kappa shape index (κ3) is 3.49. The van der Waals surface area contributed by atoms with Crippen LogP contribution in [0, 0.1) is 6.92 Å². The molecule has 0 saturated heterocycles. The molecule has 1 aromatic carbocycles. The van der Waals surface area contributed by atoms with E-state index >= 15 is 0 Å². The van der Waals surface area contributed by atoms with Crippen molar-refractivity contribution in [1.82, 2.24) is 14.8 Å². The highest BCUT2D eigenvalue weighted by Crippen LogP contribution is 2.34. The zero-order valence-electron chi connectivity index (χ0n) is 13.3. The summed E-state index contributed by atoms with van der Waals surface area (Å²) in [5.41, 5.74) is 6.90. The van der Waals surface area contributed by atoms with Gasteiger partial charge in [0.25, 0.3) is 0 Å². The number of aliphatic hydroxyl groups excluding tert-OH is 1. The fraction of sp³-hybridized carbons (Fsp3) is 0.500. The molecule has 23 heavy (non-hydrogen) atoms. The topological polar surface area (TPSA) is 86.2 Å². The maximum Gasteiger partial charge on any atom is 0.148 e. The molecule has 1 aromatic heterocycles. The predicted octanol–water partition coefficient (Wildman–Crippen LogP) is 1.96. The number of ether oxygens (including phenoxy) is 1. The Balaban J connectivity index is 0.00000192. The minimum absolute atomic E-state index is 0. The summed E-state index contributed by atoms with van der Waals surface area (Å²) in [6.45, 7) is 1.88. The van der Waals surface area contributed by atoms with Gasteiger partial charge in [0.15, 0.2) is 0 Å². The van der Waals surface area contributed by atoms with Crippen molar-refractivity contribution >= 4 is 12.4 Å². The van der Waals surface area contributed by atoms with E-state index in [4.69, 9.17) is 10.5 Å². The van der Waals surface area contributed by atoms with E-state index in [0.717, 1.165) is 29.5 Å². The number of nitrogens with zero attached hydrogens (tertiary/aromatic N) is 3. The van der Waals surface area contributed by atoms with E-state index in [-0.39, 0.29) is 24.4 Å². The zero-order chi connectivity index (χ0) is 15.7. The third-order valence-electron chi connectivity index (χ3n) is 4.28. The summed E-state index contributed by atoms with van der Waals surface area (Å²) in [6.07, 6.45) is 1.86. The van der Waals surface area contributed by atoms with Crippen LogP contribution in [0.25, 0.3) is 5.69 Å². The fourth-order valence-electron chi connectivity index (χ4n) is 3.10. The molecule has 3 N–H and O–H groups in total. The van der Waals surface area contributed by atoms with Crippen molar-refractivity contribution < 1.29 is 9.84 Å². The molecule has 1 saturated carbocycles. The highest BCUT2D eigenvalue weighted by atomic mass is 35.5. The number of rotatable bonds is 3. The summed E-state index contributed by atoms with van der Waals surface area (Å²) >= 11 is 0. The van der Waals surface area contributed by atoms with Crippen LogP contribution in [0.2, 0.25) is 0 Å². The lowest BCUT2D eigenvalue weighted by atomic mass is 9.83. The first-order chi connectivity index (χ1) is 10.6. The number of methoxy groups -OCH3 is 1. The Kier molecular flexibility index (Phi) is 5.62. The van der Waals surface area contributed by atoms with Gasteiger partial charge in [0.05, 0.1) is 13.2 Å². The Morgan fingerprint density at radius 1 is 1.30 bits per heavy atom. The van der Waals surface area contributed by atoms with Crippen LogP contribution in [0.1, 0.15) is 36.8 Å². The molecule has 0 aliphatic heterocycles. The van der Waals surface area contributed by atoms with Gasteiger partial charge in [-0.05, 0) is 38.3 Å². The van der Waals surface area contributed by atoms with Crippen molar-refractivity contribution in [2.45, 2.75) is 44.2 Å². The van der Waals surface area contributed by atoms with E-state index in [1.54, 1.807) is 7.11 Å². The van der Waals surface area contributed by atoms with Crippen molar-refractivity contribution in [2.75, 3.05) is 7.11 Å². The van der Waals surface area contributed by atoms with Gasteiger partial charge in [-0.2, -0.15) is 5.10 Å². The number of benzene rings is 1. The minimum atomic E-state index is -0.417. The first kappa shape index (κ1) is 17.7. The lowest BCUT2D eigenvalue weighted by Gasteiger charge is -2.30. The Hall–Kier alpha value is -1.63. The first-order valence-corrected chi connectivity index (χ1v) is 7.60. The van der Waals surface area contributed by atoms with Gasteiger partial charge in [-0.25, -0.2) is 9.67 Å². The van der Waals surface area contributed by atoms with E-state index < -0.39 is 6.10 Å². The SMILES string of the molecule is COc1ccccc1-n1nc(C)nc1[C@H]1CC[C@@H](O)[C@H](N)C1.Cl. The van der Waals surface area contributed by atoms with Gasteiger partial charge in [0.2, 0.25) is 0 Å². The van der Waals surface area contributed by atoms with Crippen LogP contribution >= 0.6 is 12.4 Å². The highest BCUT2D eigenvalue weighted by molar-refractivity contribution is 5.85. The normalized spacial score (nSPS) is 24.1. The van der Waals surface area contributed by atoms with Crippen molar-refractivity contribution in [2.24, 2.45) is 5.73 Å². The van der Waals surface area contributed by atoms with Gasteiger partial charge in [0, 0.05) is 12.0 Å². The molecular formula is C16H23ClN4O2. The molecule has 1 aliphatic carbocycles. The molecule has 126 valence electrons. The second kappa shape index (κ2) is 7.29. The minimum Gasteiger partial charge on any atom is -0.494 e. The molecule has 1 fully saturated rings. The van der Waals surface area contributed by atoms with E-state index in [1.165, 1.54) is 0 Å². The van der Waals surface area contributed by atoms with Gasteiger partial charge >= 0.3 is 0 Å². The number of aliphatic hydroxyl groups is 1. The second-order valence-corrected chi connectivity index (χ2v) is 5.84. The third-order valence-corrected chi connectivity index (χ3v) is 4.28. The number of hydrogen-bond acceptors (Lipinski definition) is 5. The average molecular weight is 339 g/mol. The van der Waals surface area contributed by atoms with Crippen molar-refractivity contribution in [1.29, 1.82) is 0 Å². The van der Waals surface area contributed by atoms with E-state index in [1.807, 2.05) is 35.9 Å². The Morgan fingerprint density at radius 3 is 2.74 bits per heavy atom. The monoisotopic (exact) mass is 338 g/mol. The smallest absolute Gasteiger partial charge is 0.148 e. The number of nitrogens with two attached hydrogens (primary N) is 1. The number of aryl methyl sites for hydroxylation is 1. The highest BCUT2D eigenvalue weighted by Gasteiger charge is 2.31. The van der Waals surface area contributed by atoms with Crippen LogP contribution in [0.3, 0.4) is 0 Å². The molecule has 0 unspecified atom stereocenters. The molecule has 1 heterocycles. The molecule has 0 bridgehead atoms. The van der Waals surface area contributed by atoms with Crippen LogP contribution in [0.5, 0.6) is 5.75 Å². The Morgan fingerprint density at radius 2 is 2.04 bits per heavy atom. The summed E-state index contributed by atoms with van der Waals surface area (Å²) in [5, 5.41) is 14.4. The average Bonchev–Trinajstić information content (AvgIpc) is 2.91. The van der Waals surface area contributed by atoms with Crippen molar-refractivity contribution in [3.63, 3.8) is 0 Å². The van der Waals surface area contributed by atoms with Crippen molar-refractivity contribution in [3.05, 3.63) is 35.9 Å². The summed E-state index contributed by atoms with van der Waals surface area (Å²) in [6, 6.07) is 7.55. The molecule has 2 aromatic rings. The van der Waals surface area contributed by atoms with Crippen LogP contribution in [-0.2, 0) is 0 Å². The van der Waals surface area contributed by atoms with E-state index in [2.05, 4.69) is 10.1 Å². The summed E-state index contributed by atoms with van der Waals surface area (Å²) in [7, 11) is 1.65. The lowest BCUT2D eigenvalue weighted by Crippen LogP contribution is -2.40. The van der Waals surface area contributed by atoms with Crippen LogP contribution < -0.4 is 10.5 Å². The standard InChI is InChI=1S/C16H22N4O2.ClH/c1-10-18-16(11-7-8-14(21)12(17)9-11)20(19-10)13-5-3-4-6-15(13)22-2;/h3-6,11-12,14,21H,7-9,17H2,1-2H3;1H/t11-,12+,14+;/m0./s1. The summed E-state index contributed by atoms with van der Waals surface area (Å²) < 4.78 is 7.29. The molecular weight excluding hydrogens is 316 g/mol. The first-order valence-electron chi connectivity index (χ1n) is 7.60. The van der Waals surface area contributed by atoms with Crippen molar-refractivity contribution in [3.8, 4) is 11.4 Å². The van der Waals surface area contributed by atoms with Gasteiger partial charge < -0.3 is 15.6 Å². The zero-order valence-corrected chi connectivity index (χ0v) is 14.2. The maximum atomic E-state index is 9.83.